The average molecular weight is 319 g/mol. The minimum Gasteiger partial charge on any atom is -0.378 e. The minimum atomic E-state index is 0. The summed E-state index contributed by atoms with van der Waals surface area (Å²) in [6, 6.07) is 0. The summed E-state index contributed by atoms with van der Waals surface area (Å²) < 4.78 is 5.87. The van der Waals surface area contributed by atoms with E-state index in [4.69, 9.17) is 4.74 Å². The number of nitrogens with zero attached hydrogens (tertiary/aromatic N) is 1. The summed E-state index contributed by atoms with van der Waals surface area (Å²) in [5.74, 6) is 1.65. The lowest BCUT2D eigenvalue weighted by atomic mass is 10.0. The van der Waals surface area contributed by atoms with Crippen molar-refractivity contribution in [3.63, 3.8) is 0 Å². The molecule has 21 heavy (non-hydrogen) atoms. The van der Waals surface area contributed by atoms with Crippen molar-refractivity contribution in [2.24, 2.45) is 11.8 Å². The fraction of sp³-hybridized carbons (Fsp3) is 0.938. The van der Waals surface area contributed by atoms with Gasteiger partial charge in [-0.1, -0.05) is 13.8 Å². The Labute approximate surface area is 135 Å². The third-order valence-electron chi connectivity index (χ3n) is 4.39. The zero-order chi connectivity index (χ0) is 14.4. The van der Waals surface area contributed by atoms with Crippen LogP contribution in [0.1, 0.15) is 46.0 Å². The number of amides is 1. The highest BCUT2D eigenvalue weighted by Gasteiger charge is 2.24. The third-order valence-corrected chi connectivity index (χ3v) is 4.39. The van der Waals surface area contributed by atoms with Crippen LogP contribution in [0.2, 0.25) is 0 Å². The maximum absolute atomic E-state index is 12.2. The molecule has 0 aromatic heterocycles. The van der Waals surface area contributed by atoms with Crippen LogP contribution in [0.15, 0.2) is 0 Å². The number of nitrogens with one attached hydrogen (secondary N) is 1. The first-order valence-corrected chi connectivity index (χ1v) is 8.25. The van der Waals surface area contributed by atoms with E-state index in [1.165, 1.54) is 6.42 Å². The second-order valence-corrected chi connectivity index (χ2v) is 6.70. The molecule has 2 rings (SSSR count). The van der Waals surface area contributed by atoms with E-state index in [-0.39, 0.29) is 12.4 Å². The van der Waals surface area contributed by atoms with E-state index >= 15 is 0 Å². The summed E-state index contributed by atoms with van der Waals surface area (Å²) >= 11 is 0. The molecule has 0 bridgehead atoms. The van der Waals surface area contributed by atoms with Crippen molar-refractivity contribution in [1.82, 2.24) is 10.2 Å². The number of carbonyl (C=O) groups excluding carboxylic acids is 1. The molecule has 2 saturated heterocycles. The van der Waals surface area contributed by atoms with Gasteiger partial charge < -0.3 is 15.0 Å². The van der Waals surface area contributed by atoms with Gasteiger partial charge in [0.15, 0.2) is 0 Å². The van der Waals surface area contributed by atoms with E-state index in [1.807, 2.05) is 4.90 Å². The van der Waals surface area contributed by atoms with Gasteiger partial charge in [-0.25, -0.2) is 0 Å². The first-order chi connectivity index (χ1) is 9.65. The molecule has 124 valence electrons. The molecule has 1 atom stereocenters. The number of carbonyl (C=O) groups is 1. The first-order valence-electron chi connectivity index (χ1n) is 8.25. The zero-order valence-electron chi connectivity index (χ0n) is 13.5. The van der Waals surface area contributed by atoms with Crippen molar-refractivity contribution < 1.29 is 9.53 Å². The Bertz CT molecular complexity index is 299. The summed E-state index contributed by atoms with van der Waals surface area (Å²) in [7, 11) is 0. The Kier molecular flexibility index (Phi) is 8.60. The van der Waals surface area contributed by atoms with Crippen molar-refractivity contribution >= 4 is 18.3 Å². The van der Waals surface area contributed by atoms with Crippen molar-refractivity contribution in [2.45, 2.75) is 52.1 Å². The molecule has 2 aliphatic rings. The predicted octanol–water partition coefficient (Wildman–Crippen LogP) is 2.46. The molecule has 1 N–H and O–H groups in total. The number of hydrogen-bond acceptors (Lipinski definition) is 3. The van der Waals surface area contributed by atoms with Crippen LogP contribution < -0.4 is 5.32 Å². The van der Waals surface area contributed by atoms with Gasteiger partial charge in [-0.15, -0.1) is 12.4 Å². The van der Waals surface area contributed by atoms with Crippen LogP contribution in [0.25, 0.3) is 0 Å². The lowest BCUT2D eigenvalue weighted by Gasteiger charge is -2.32. The van der Waals surface area contributed by atoms with Gasteiger partial charge in [0.2, 0.25) is 5.91 Å². The lowest BCUT2D eigenvalue weighted by Crippen LogP contribution is -2.41. The molecule has 1 amide bonds. The van der Waals surface area contributed by atoms with E-state index < -0.39 is 0 Å². The van der Waals surface area contributed by atoms with Crippen LogP contribution in [-0.4, -0.2) is 49.7 Å². The Morgan fingerprint density at radius 1 is 1.29 bits per heavy atom. The van der Waals surface area contributed by atoms with Gasteiger partial charge in [-0.2, -0.15) is 0 Å². The number of piperidine rings is 1. The monoisotopic (exact) mass is 318 g/mol. The minimum absolute atomic E-state index is 0. The van der Waals surface area contributed by atoms with Gasteiger partial charge in [-0.3, -0.25) is 4.79 Å². The molecular formula is C16H31ClN2O2. The van der Waals surface area contributed by atoms with Crippen LogP contribution in [-0.2, 0) is 9.53 Å². The molecule has 2 aliphatic heterocycles. The molecule has 0 aliphatic carbocycles. The van der Waals surface area contributed by atoms with Crippen molar-refractivity contribution in [3.05, 3.63) is 0 Å². The van der Waals surface area contributed by atoms with E-state index in [0.29, 0.717) is 23.8 Å². The SMILES string of the molecule is CC(C)COC1CCN(C(=O)CCC2CCNC2)CC1.Cl. The molecule has 5 heteroatoms. The Morgan fingerprint density at radius 3 is 2.57 bits per heavy atom. The standard InChI is InChI=1S/C16H30N2O2.ClH/c1-13(2)12-20-15-6-9-18(10-7-15)16(19)4-3-14-5-8-17-11-14;/h13-15,17H,3-12H2,1-2H3;1H. The topological polar surface area (TPSA) is 41.6 Å². The molecule has 2 fully saturated rings. The normalized spacial score (nSPS) is 23.4. The molecular weight excluding hydrogens is 288 g/mol. The van der Waals surface area contributed by atoms with E-state index in [2.05, 4.69) is 19.2 Å². The van der Waals surface area contributed by atoms with Crippen LogP contribution in [0.3, 0.4) is 0 Å². The number of ether oxygens (including phenoxy) is 1. The van der Waals surface area contributed by atoms with Crippen LogP contribution in [0, 0.1) is 11.8 Å². The highest BCUT2D eigenvalue weighted by molar-refractivity contribution is 5.85. The van der Waals surface area contributed by atoms with Gasteiger partial charge in [0.25, 0.3) is 0 Å². The molecule has 2 heterocycles. The lowest BCUT2D eigenvalue weighted by molar-refractivity contribution is -0.134. The molecule has 0 aromatic rings. The average Bonchev–Trinajstić information content (AvgIpc) is 2.96. The smallest absolute Gasteiger partial charge is 0.222 e. The summed E-state index contributed by atoms with van der Waals surface area (Å²) in [4.78, 5) is 14.2. The summed E-state index contributed by atoms with van der Waals surface area (Å²) in [5.41, 5.74) is 0. The van der Waals surface area contributed by atoms with Crippen molar-refractivity contribution in [1.29, 1.82) is 0 Å². The maximum Gasteiger partial charge on any atom is 0.222 e. The molecule has 0 aromatic carbocycles. The Balaban J connectivity index is 0.00000220. The van der Waals surface area contributed by atoms with Gasteiger partial charge in [-0.05, 0) is 50.6 Å². The van der Waals surface area contributed by atoms with Gasteiger partial charge >= 0.3 is 0 Å². The van der Waals surface area contributed by atoms with Crippen LogP contribution >= 0.6 is 12.4 Å². The maximum atomic E-state index is 12.2. The number of hydrogen-bond donors (Lipinski definition) is 1. The quantitative estimate of drug-likeness (QED) is 0.818. The van der Waals surface area contributed by atoms with E-state index in [9.17, 15) is 4.79 Å². The van der Waals surface area contributed by atoms with Gasteiger partial charge in [0, 0.05) is 26.1 Å². The third kappa shape index (κ3) is 6.54. The molecule has 0 saturated carbocycles. The zero-order valence-corrected chi connectivity index (χ0v) is 14.3. The van der Waals surface area contributed by atoms with Crippen molar-refractivity contribution in [3.8, 4) is 0 Å². The first kappa shape index (κ1) is 18.7. The molecule has 0 spiro atoms. The fourth-order valence-corrected chi connectivity index (χ4v) is 3.05. The van der Waals surface area contributed by atoms with E-state index in [1.54, 1.807) is 0 Å². The Hall–Kier alpha value is -0.320. The highest BCUT2D eigenvalue weighted by atomic mass is 35.5. The van der Waals surface area contributed by atoms with E-state index in [0.717, 1.165) is 58.5 Å². The number of likely N-dealkylation sites (tertiary alicyclic amines) is 1. The summed E-state index contributed by atoms with van der Waals surface area (Å²) in [6.07, 6.45) is 5.38. The molecule has 1 unspecified atom stereocenters. The van der Waals surface area contributed by atoms with Crippen molar-refractivity contribution in [2.75, 3.05) is 32.8 Å². The predicted molar refractivity (Wildman–Crippen MR) is 87.9 cm³/mol. The number of rotatable bonds is 6. The summed E-state index contributed by atoms with van der Waals surface area (Å²) in [5, 5.41) is 3.36. The highest BCUT2D eigenvalue weighted by Crippen LogP contribution is 2.19. The summed E-state index contributed by atoms with van der Waals surface area (Å²) in [6.45, 7) is 9.17. The van der Waals surface area contributed by atoms with Gasteiger partial charge in [0.05, 0.1) is 6.10 Å². The largest absolute Gasteiger partial charge is 0.378 e. The fourth-order valence-electron chi connectivity index (χ4n) is 3.05. The molecule has 0 radical (unpaired) electrons. The van der Waals surface area contributed by atoms with Crippen LogP contribution in [0.5, 0.6) is 0 Å². The van der Waals surface area contributed by atoms with Crippen LogP contribution in [0.4, 0.5) is 0 Å². The van der Waals surface area contributed by atoms with Gasteiger partial charge in [0.1, 0.15) is 0 Å². The Morgan fingerprint density at radius 2 is 2.00 bits per heavy atom. The second kappa shape index (κ2) is 9.65. The molecule has 4 nitrogen and oxygen atoms in total. The number of halogens is 1. The second-order valence-electron chi connectivity index (χ2n) is 6.70.